The number of aliphatic hydroxyl groups excluding tert-OH is 4. The third-order valence-electron chi connectivity index (χ3n) is 0. The molecule has 0 unspecified atom stereocenters. The van der Waals surface area contributed by atoms with Crippen LogP contribution in [0.15, 0.2) is 0 Å². The van der Waals surface area contributed by atoms with Gasteiger partial charge < -0.3 is 27.9 Å². The van der Waals surface area contributed by atoms with E-state index in [-0.39, 0.29) is 56.2 Å². The molecule has 0 spiro atoms. The molecular weight excluding hydrogens is 353 g/mol. The summed E-state index contributed by atoms with van der Waals surface area (Å²) in [5.74, 6) is 0. The van der Waals surface area contributed by atoms with E-state index >= 15 is 0 Å². The number of hydrogen-bond acceptors (Lipinski definition) is 4. The maximum atomic E-state index is 7.57. The predicted octanol–water partition coefficient (Wildman–Crippen LogP) is 0.442. The van der Waals surface area contributed by atoms with Crippen LogP contribution < -0.4 is 0 Å². The van der Waals surface area contributed by atoms with Gasteiger partial charge in [-0.3, -0.25) is 0 Å². The first-order valence-corrected chi connectivity index (χ1v) is 4.09. The molecule has 14 heavy (non-hydrogen) atoms. The maximum absolute atomic E-state index is 7.57. The van der Waals surface area contributed by atoms with Crippen LogP contribution in [0.3, 0.4) is 0 Å². The molecule has 0 bridgehead atoms. The summed E-state index contributed by atoms with van der Waals surface area (Å²) in [5, 5.41) is 30.3. The largest absolute Gasteiger partial charge is 0.397 e. The Hall–Kier alpha value is 0.580. The summed E-state index contributed by atoms with van der Waals surface area (Å²) in [4.78, 5) is 0. The minimum atomic E-state index is 0. The third-order valence-corrected chi connectivity index (χ3v) is 0. The second-order valence-electron chi connectivity index (χ2n) is 1.26. The van der Waals surface area contributed by atoms with E-state index in [1.54, 1.807) is 27.7 Å². The van der Waals surface area contributed by atoms with Gasteiger partial charge in [0.1, 0.15) is 0 Å². The SMILES string of the molecule is CCO.CCO.CCO.CCO.[CH3-].[Ta]. The van der Waals surface area contributed by atoms with Gasteiger partial charge in [-0.25, -0.2) is 0 Å². The minimum absolute atomic E-state index is 0. The molecule has 0 amide bonds. The zero-order valence-corrected chi connectivity index (χ0v) is 13.3. The number of hydrogen-bond donors (Lipinski definition) is 4. The quantitative estimate of drug-likeness (QED) is 0.460. The second-order valence-corrected chi connectivity index (χ2v) is 1.26. The second kappa shape index (κ2) is 102. The molecular formula is C9H27O4Ta-. The molecule has 0 aromatic carbocycles. The molecule has 0 atom stereocenters. The van der Waals surface area contributed by atoms with Gasteiger partial charge in [0, 0.05) is 48.8 Å². The van der Waals surface area contributed by atoms with Gasteiger partial charge in [-0.15, -0.1) is 0 Å². The Kier molecular flexibility index (Phi) is 267. The minimum Gasteiger partial charge on any atom is -0.397 e. The van der Waals surface area contributed by atoms with Crippen molar-refractivity contribution in [3.8, 4) is 0 Å². The molecule has 4 nitrogen and oxygen atoms in total. The fraction of sp³-hybridized carbons (Fsp3) is 0.889. The molecule has 0 heterocycles. The maximum Gasteiger partial charge on any atom is 0.0402 e. The molecule has 0 aromatic rings. The van der Waals surface area contributed by atoms with Gasteiger partial charge in [0.05, 0.1) is 0 Å². The van der Waals surface area contributed by atoms with Crippen molar-refractivity contribution < 1.29 is 42.8 Å². The van der Waals surface area contributed by atoms with Crippen LogP contribution in [0.25, 0.3) is 0 Å². The molecule has 0 aliphatic rings. The molecule has 4 N–H and O–H groups in total. The van der Waals surface area contributed by atoms with Crippen molar-refractivity contribution >= 4 is 0 Å². The van der Waals surface area contributed by atoms with Crippen molar-refractivity contribution in [2.75, 3.05) is 26.4 Å². The van der Waals surface area contributed by atoms with Crippen LogP contribution in [0.1, 0.15) is 27.7 Å². The summed E-state index contributed by atoms with van der Waals surface area (Å²) in [5.41, 5.74) is 0. The fourth-order valence-electron chi connectivity index (χ4n) is 0. The topological polar surface area (TPSA) is 80.9 Å². The van der Waals surface area contributed by atoms with Crippen LogP contribution in [0.2, 0.25) is 0 Å². The average molecular weight is 380 g/mol. The molecule has 0 fully saturated rings. The van der Waals surface area contributed by atoms with Gasteiger partial charge in [0.2, 0.25) is 0 Å². The van der Waals surface area contributed by atoms with Crippen LogP contribution in [0.5, 0.6) is 0 Å². The van der Waals surface area contributed by atoms with Gasteiger partial charge in [-0.2, -0.15) is 0 Å². The summed E-state index contributed by atoms with van der Waals surface area (Å²) < 4.78 is 0. The Morgan fingerprint density at radius 1 is 0.571 bits per heavy atom. The molecule has 1 radical (unpaired) electrons. The Bertz CT molecular complexity index is 24.8. The monoisotopic (exact) mass is 380 g/mol. The van der Waals surface area contributed by atoms with Crippen molar-refractivity contribution in [3.63, 3.8) is 0 Å². The molecule has 0 rings (SSSR count). The van der Waals surface area contributed by atoms with E-state index in [0.29, 0.717) is 0 Å². The van der Waals surface area contributed by atoms with Gasteiger partial charge in [0.15, 0.2) is 0 Å². The Morgan fingerprint density at radius 2 is 0.571 bits per heavy atom. The summed E-state index contributed by atoms with van der Waals surface area (Å²) in [7, 11) is 0. The number of aliphatic hydroxyl groups is 4. The van der Waals surface area contributed by atoms with Crippen molar-refractivity contribution in [1.82, 2.24) is 0 Å². The predicted molar refractivity (Wildman–Crippen MR) is 57.5 cm³/mol. The van der Waals surface area contributed by atoms with Crippen molar-refractivity contribution in [1.29, 1.82) is 0 Å². The smallest absolute Gasteiger partial charge is 0.0402 e. The van der Waals surface area contributed by atoms with E-state index in [9.17, 15) is 0 Å². The molecule has 5 heteroatoms. The van der Waals surface area contributed by atoms with Crippen molar-refractivity contribution in [2.24, 2.45) is 0 Å². The van der Waals surface area contributed by atoms with E-state index in [4.69, 9.17) is 20.4 Å². The molecule has 0 saturated heterocycles. The fourth-order valence-corrected chi connectivity index (χ4v) is 0. The van der Waals surface area contributed by atoms with E-state index in [1.807, 2.05) is 0 Å². The normalized spacial score (nSPS) is 5.14. The van der Waals surface area contributed by atoms with Gasteiger partial charge in [-0.1, -0.05) is 0 Å². The van der Waals surface area contributed by atoms with E-state index in [0.717, 1.165) is 0 Å². The van der Waals surface area contributed by atoms with Crippen molar-refractivity contribution in [3.05, 3.63) is 7.43 Å². The third kappa shape index (κ3) is 5010. The van der Waals surface area contributed by atoms with Crippen LogP contribution >= 0.6 is 0 Å². The van der Waals surface area contributed by atoms with Gasteiger partial charge >= 0.3 is 0 Å². The summed E-state index contributed by atoms with van der Waals surface area (Å²) >= 11 is 0. The zero-order valence-electron chi connectivity index (χ0n) is 10.1. The van der Waals surface area contributed by atoms with Crippen LogP contribution in [0.4, 0.5) is 0 Å². The van der Waals surface area contributed by atoms with E-state index < -0.39 is 0 Å². The molecule has 0 aromatic heterocycles. The zero-order chi connectivity index (χ0) is 10.8. The molecule has 0 aliphatic carbocycles. The first-order valence-electron chi connectivity index (χ1n) is 4.09. The van der Waals surface area contributed by atoms with Crippen LogP contribution in [-0.4, -0.2) is 46.9 Å². The standard InChI is InChI=1S/4C2H6O.CH3.Ta/c4*1-2-3;;/h4*3H,2H2,1H3;1H3;/q;;;;-1;. The first kappa shape index (κ1) is 36.5. The summed E-state index contributed by atoms with van der Waals surface area (Å²) in [6.07, 6.45) is 0. The van der Waals surface area contributed by atoms with E-state index in [2.05, 4.69) is 0 Å². The average Bonchev–Trinajstić information content (AvgIpc) is 1.92. The van der Waals surface area contributed by atoms with Crippen LogP contribution in [0, 0.1) is 7.43 Å². The molecule has 93 valence electrons. The van der Waals surface area contributed by atoms with Crippen LogP contribution in [-0.2, 0) is 22.4 Å². The van der Waals surface area contributed by atoms with Gasteiger partial charge in [-0.05, 0) is 27.7 Å². The Balaban J connectivity index is -0.0000000145. The van der Waals surface area contributed by atoms with Crippen molar-refractivity contribution in [2.45, 2.75) is 27.7 Å². The Labute approximate surface area is 104 Å². The first-order chi connectivity index (χ1) is 5.66. The van der Waals surface area contributed by atoms with Gasteiger partial charge in [0.25, 0.3) is 0 Å². The summed E-state index contributed by atoms with van der Waals surface area (Å²) in [6, 6.07) is 0. The summed E-state index contributed by atoms with van der Waals surface area (Å²) in [6.45, 7) is 7.72. The molecule has 0 aliphatic heterocycles. The molecule has 0 saturated carbocycles. The van der Waals surface area contributed by atoms with E-state index in [1.165, 1.54) is 0 Å². The number of rotatable bonds is 0. The Morgan fingerprint density at radius 3 is 0.571 bits per heavy atom.